The van der Waals surface area contributed by atoms with Gasteiger partial charge in [-0.05, 0) is 6.92 Å². The van der Waals surface area contributed by atoms with Crippen LogP contribution in [-0.2, 0) is 0 Å². The topological polar surface area (TPSA) is 52.9 Å². The highest BCUT2D eigenvalue weighted by atomic mass is 19.2. The van der Waals surface area contributed by atoms with Crippen molar-refractivity contribution in [1.29, 1.82) is 5.26 Å². The fraction of sp³-hybridized carbons (Fsp3) is 0.273. The first-order valence-corrected chi connectivity index (χ1v) is 5.00. The molecule has 0 fully saturated rings. The van der Waals surface area contributed by atoms with Gasteiger partial charge in [-0.1, -0.05) is 0 Å². The lowest BCUT2D eigenvalue weighted by molar-refractivity contribution is 0.0939. The van der Waals surface area contributed by atoms with Crippen LogP contribution in [0.1, 0.15) is 17.3 Å². The molecular formula is C11H7F5N2O. The average molecular weight is 278 g/mol. The molecular weight excluding hydrogens is 271 g/mol. The average Bonchev–Trinajstić information content (AvgIpc) is 2.40. The van der Waals surface area contributed by atoms with E-state index in [0.717, 1.165) is 0 Å². The van der Waals surface area contributed by atoms with Crippen LogP contribution in [0.25, 0.3) is 0 Å². The molecule has 0 heterocycles. The monoisotopic (exact) mass is 278 g/mol. The van der Waals surface area contributed by atoms with E-state index in [-0.39, 0.29) is 6.54 Å². The maximum Gasteiger partial charge on any atom is 0.257 e. The Kier molecular flexibility index (Phi) is 4.43. The van der Waals surface area contributed by atoms with Crippen LogP contribution < -0.4 is 5.32 Å². The van der Waals surface area contributed by atoms with Gasteiger partial charge in [0.15, 0.2) is 23.3 Å². The third-order valence-electron chi connectivity index (χ3n) is 2.23. The van der Waals surface area contributed by atoms with E-state index in [1.807, 2.05) is 5.32 Å². The molecule has 1 rings (SSSR count). The van der Waals surface area contributed by atoms with Crippen molar-refractivity contribution < 1.29 is 26.7 Å². The zero-order valence-electron chi connectivity index (χ0n) is 9.53. The molecule has 0 radical (unpaired) electrons. The smallest absolute Gasteiger partial charge is 0.257 e. The summed E-state index contributed by atoms with van der Waals surface area (Å²) in [4.78, 5) is 11.4. The van der Waals surface area contributed by atoms with Crippen molar-refractivity contribution in [2.45, 2.75) is 6.92 Å². The molecule has 8 heteroatoms. The number of carbonyl (C=O) groups is 1. The minimum absolute atomic E-state index is 0.283. The summed E-state index contributed by atoms with van der Waals surface area (Å²) in [5.74, 6) is -13.3. The molecule has 0 aliphatic carbocycles. The van der Waals surface area contributed by atoms with Gasteiger partial charge >= 0.3 is 0 Å². The van der Waals surface area contributed by atoms with Gasteiger partial charge in [0.05, 0.1) is 12.0 Å². The summed E-state index contributed by atoms with van der Waals surface area (Å²) in [6.45, 7) is 1.12. The minimum atomic E-state index is -2.34. The lowest BCUT2D eigenvalue weighted by Crippen LogP contribution is -2.30. The van der Waals surface area contributed by atoms with Crippen molar-refractivity contribution in [3.8, 4) is 6.07 Å². The second-order valence-electron chi connectivity index (χ2n) is 3.69. The molecule has 1 unspecified atom stereocenters. The largest absolute Gasteiger partial charge is 0.351 e. The number of hydrogen-bond acceptors (Lipinski definition) is 2. The summed E-state index contributed by atoms with van der Waals surface area (Å²) in [6, 6.07) is 1.72. The Morgan fingerprint density at radius 2 is 1.53 bits per heavy atom. The van der Waals surface area contributed by atoms with Gasteiger partial charge in [0.1, 0.15) is 5.56 Å². The number of nitrogens with one attached hydrogen (secondary N) is 1. The number of halogens is 5. The first kappa shape index (κ1) is 14.9. The molecule has 1 aromatic rings. The van der Waals surface area contributed by atoms with E-state index in [2.05, 4.69) is 0 Å². The van der Waals surface area contributed by atoms with Crippen LogP contribution in [0.4, 0.5) is 22.0 Å². The molecule has 102 valence electrons. The van der Waals surface area contributed by atoms with Crippen LogP contribution in [-0.4, -0.2) is 12.5 Å². The molecule has 0 spiro atoms. The zero-order valence-corrected chi connectivity index (χ0v) is 9.53. The lowest BCUT2D eigenvalue weighted by atomic mass is 10.1. The van der Waals surface area contributed by atoms with Crippen molar-refractivity contribution in [3.63, 3.8) is 0 Å². The third-order valence-corrected chi connectivity index (χ3v) is 2.23. The minimum Gasteiger partial charge on any atom is -0.351 e. The standard InChI is InChI=1S/C11H7F5N2O/c1-4(2-17)3-18-11(19)5-6(12)8(14)10(16)9(15)7(5)13/h4H,3H2,1H3,(H,18,19). The number of nitriles is 1. The molecule has 1 amide bonds. The van der Waals surface area contributed by atoms with Crippen LogP contribution in [0, 0.1) is 46.3 Å². The summed E-state index contributed by atoms with van der Waals surface area (Å²) < 4.78 is 64.8. The highest BCUT2D eigenvalue weighted by molar-refractivity contribution is 5.94. The fourth-order valence-corrected chi connectivity index (χ4v) is 1.18. The van der Waals surface area contributed by atoms with Crippen LogP contribution in [0.15, 0.2) is 0 Å². The molecule has 1 N–H and O–H groups in total. The molecule has 0 saturated heterocycles. The molecule has 0 saturated carbocycles. The van der Waals surface area contributed by atoms with Crippen LogP contribution >= 0.6 is 0 Å². The highest BCUT2D eigenvalue weighted by Gasteiger charge is 2.29. The molecule has 0 aliphatic heterocycles. The predicted molar refractivity (Wildman–Crippen MR) is 53.3 cm³/mol. The Labute approximate surface area is 104 Å². The number of carbonyl (C=O) groups excluding carboxylic acids is 1. The van der Waals surface area contributed by atoms with Gasteiger partial charge in [-0.2, -0.15) is 5.26 Å². The zero-order chi connectivity index (χ0) is 14.7. The lowest BCUT2D eigenvalue weighted by Gasteiger charge is -2.09. The fourth-order valence-electron chi connectivity index (χ4n) is 1.18. The summed E-state index contributed by atoms with van der Waals surface area (Å²) in [6.07, 6.45) is 0. The number of rotatable bonds is 3. The van der Waals surface area contributed by atoms with Crippen LogP contribution in [0.2, 0.25) is 0 Å². The molecule has 3 nitrogen and oxygen atoms in total. The van der Waals surface area contributed by atoms with Gasteiger partial charge < -0.3 is 5.32 Å². The quantitative estimate of drug-likeness (QED) is 0.524. The maximum absolute atomic E-state index is 13.2. The maximum atomic E-state index is 13.2. The first-order chi connectivity index (χ1) is 8.81. The van der Waals surface area contributed by atoms with Gasteiger partial charge in [-0.25, -0.2) is 22.0 Å². The van der Waals surface area contributed by atoms with E-state index >= 15 is 0 Å². The summed E-state index contributed by atoms with van der Waals surface area (Å²) in [5, 5.41) is 10.3. The van der Waals surface area contributed by atoms with Gasteiger partial charge in [0.2, 0.25) is 5.82 Å². The second kappa shape index (κ2) is 5.65. The number of amides is 1. The Morgan fingerprint density at radius 1 is 1.11 bits per heavy atom. The van der Waals surface area contributed by atoms with Gasteiger partial charge in [-0.15, -0.1) is 0 Å². The van der Waals surface area contributed by atoms with Gasteiger partial charge in [-0.3, -0.25) is 4.79 Å². The highest BCUT2D eigenvalue weighted by Crippen LogP contribution is 2.22. The molecule has 0 aromatic heterocycles. The number of hydrogen-bond donors (Lipinski definition) is 1. The SMILES string of the molecule is CC(C#N)CNC(=O)c1c(F)c(F)c(F)c(F)c1F. The van der Waals surface area contributed by atoms with Crippen LogP contribution in [0.3, 0.4) is 0 Å². The van der Waals surface area contributed by atoms with Crippen molar-refractivity contribution >= 4 is 5.91 Å². The predicted octanol–water partition coefficient (Wildman–Crippen LogP) is 2.27. The summed E-state index contributed by atoms with van der Waals surface area (Å²) in [5.41, 5.74) is -1.57. The third kappa shape index (κ3) is 2.81. The Balaban J connectivity index is 3.15. The van der Waals surface area contributed by atoms with Gasteiger partial charge in [0, 0.05) is 6.54 Å². The van der Waals surface area contributed by atoms with Crippen molar-refractivity contribution in [1.82, 2.24) is 5.32 Å². The van der Waals surface area contributed by atoms with E-state index in [4.69, 9.17) is 5.26 Å². The van der Waals surface area contributed by atoms with Crippen molar-refractivity contribution in [2.75, 3.05) is 6.54 Å². The van der Waals surface area contributed by atoms with E-state index < -0.39 is 46.5 Å². The molecule has 19 heavy (non-hydrogen) atoms. The van der Waals surface area contributed by atoms with Gasteiger partial charge in [0.25, 0.3) is 5.91 Å². The van der Waals surface area contributed by atoms with Crippen molar-refractivity contribution in [3.05, 3.63) is 34.6 Å². The molecule has 1 aromatic carbocycles. The van der Waals surface area contributed by atoms with E-state index in [1.54, 1.807) is 6.07 Å². The second-order valence-corrected chi connectivity index (χ2v) is 3.69. The van der Waals surface area contributed by atoms with E-state index in [9.17, 15) is 26.7 Å². The Morgan fingerprint density at radius 3 is 1.95 bits per heavy atom. The molecule has 0 bridgehead atoms. The normalized spacial score (nSPS) is 11.8. The first-order valence-electron chi connectivity index (χ1n) is 5.00. The molecule has 0 aliphatic rings. The van der Waals surface area contributed by atoms with Crippen LogP contribution in [0.5, 0.6) is 0 Å². The summed E-state index contributed by atoms with van der Waals surface area (Å²) >= 11 is 0. The van der Waals surface area contributed by atoms with E-state index in [1.165, 1.54) is 6.92 Å². The Bertz CT molecular complexity index is 538. The Hall–Kier alpha value is -2.17. The number of benzene rings is 1. The molecule has 1 atom stereocenters. The number of nitrogens with zero attached hydrogens (tertiary/aromatic N) is 1. The van der Waals surface area contributed by atoms with Crippen molar-refractivity contribution in [2.24, 2.45) is 5.92 Å². The van der Waals surface area contributed by atoms with E-state index in [0.29, 0.717) is 0 Å². The summed E-state index contributed by atoms with van der Waals surface area (Å²) in [7, 11) is 0.